The van der Waals surface area contributed by atoms with Crippen molar-refractivity contribution >= 4 is 17.6 Å². The molecule has 0 radical (unpaired) electrons. The first-order chi connectivity index (χ1) is 9.58. The standard InChI is InChI=1S/C15H14N2O3/c1-10-13(7-4-8-16-10)17-14(18)9-11-5-2-3-6-12(11)15(19)20/h2-8H,9H2,1H3,(H,17,18)(H,19,20). The van der Waals surface area contributed by atoms with Crippen LogP contribution in [0.4, 0.5) is 5.69 Å². The van der Waals surface area contributed by atoms with Crippen molar-refractivity contribution in [1.29, 1.82) is 0 Å². The van der Waals surface area contributed by atoms with Gasteiger partial charge >= 0.3 is 5.97 Å². The fraction of sp³-hybridized carbons (Fsp3) is 0.133. The van der Waals surface area contributed by atoms with Crippen LogP contribution < -0.4 is 5.32 Å². The number of anilines is 1. The summed E-state index contributed by atoms with van der Waals surface area (Å²) in [6.07, 6.45) is 1.65. The molecule has 0 bridgehead atoms. The third-order valence-corrected chi connectivity index (χ3v) is 2.88. The van der Waals surface area contributed by atoms with E-state index in [4.69, 9.17) is 5.11 Å². The molecule has 2 N–H and O–H groups in total. The molecule has 0 aliphatic carbocycles. The Balaban J connectivity index is 2.13. The van der Waals surface area contributed by atoms with Crippen molar-refractivity contribution in [2.75, 3.05) is 5.32 Å². The quantitative estimate of drug-likeness (QED) is 0.893. The second kappa shape index (κ2) is 5.97. The molecule has 5 nitrogen and oxygen atoms in total. The molecule has 20 heavy (non-hydrogen) atoms. The van der Waals surface area contributed by atoms with Gasteiger partial charge in [0, 0.05) is 6.20 Å². The molecule has 1 heterocycles. The summed E-state index contributed by atoms with van der Waals surface area (Å²) < 4.78 is 0. The van der Waals surface area contributed by atoms with E-state index in [-0.39, 0.29) is 17.9 Å². The number of hydrogen-bond acceptors (Lipinski definition) is 3. The Morgan fingerprint density at radius 1 is 1.20 bits per heavy atom. The second-order valence-electron chi connectivity index (χ2n) is 4.32. The highest BCUT2D eigenvalue weighted by Gasteiger charge is 2.13. The molecule has 0 saturated heterocycles. The van der Waals surface area contributed by atoms with Gasteiger partial charge in [0.15, 0.2) is 0 Å². The maximum atomic E-state index is 12.0. The Bertz CT molecular complexity index is 653. The number of aromatic carboxylic acids is 1. The normalized spacial score (nSPS) is 10.1. The molecular weight excluding hydrogens is 256 g/mol. The van der Waals surface area contributed by atoms with E-state index in [1.54, 1.807) is 43.5 Å². The Kier molecular flexibility index (Phi) is 4.10. The van der Waals surface area contributed by atoms with Crippen molar-refractivity contribution in [2.45, 2.75) is 13.3 Å². The van der Waals surface area contributed by atoms with E-state index in [1.807, 2.05) is 0 Å². The minimum atomic E-state index is -1.04. The van der Waals surface area contributed by atoms with Crippen LogP contribution in [0, 0.1) is 6.92 Å². The molecule has 102 valence electrons. The summed E-state index contributed by atoms with van der Waals surface area (Å²) in [6, 6.07) is 9.96. The van der Waals surface area contributed by atoms with Crippen LogP contribution >= 0.6 is 0 Å². The van der Waals surface area contributed by atoms with Crippen LogP contribution in [0.15, 0.2) is 42.6 Å². The zero-order valence-electron chi connectivity index (χ0n) is 11.0. The lowest BCUT2D eigenvalue weighted by Gasteiger charge is -2.08. The summed E-state index contributed by atoms with van der Waals surface area (Å²) in [5.74, 6) is -1.30. The zero-order chi connectivity index (χ0) is 14.5. The van der Waals surface area contributed by atoms with Crippen molar-refractivity contribution in [2.24, 2.45) is 0 Å². The predicted octanol–water partition coefficient (Wildman–Crippen LogP) is 2.27. The van der Waals surface area contributed by atoms with E-state index in [9.17, 15) is 9.59 Å². The van der Waals surface area contributed by atoms with Crippen LogP contribution in [0.1, 0.15) is 21.6 Å². The summed E-state index contributed by atoms with van der Waals surface area (Å²) in [7, 11) is 0. The van der Waals surface area contributed by atoms with E-state index in [2.05, 4.69) is 10.3 Å². The van der Waals surface area contributed by atoms with Crippen LogP contribution in [0.25, 0.3) is 0 Å². The molecule has 1 aromatic carbocycles. The van der Waals surface area contributed by atoms with Gasteiger partial charge in [-0.15, -0.1) is 0 Å². The zero-order valence-corrected chi connectivity index (χ0v) is 11.0. The Hall–Kier alpha value is -2.69. The first-order valence-corrected chi connectivity index (χ1v) is 6.10. The highest BCUT2D eigenvalue weighted by atomic mass is 16.4. The fourth-order valence-corrected chi connectivity index (χ4v) is 1.87. The first-order valence-electron chi connectivity index (χ1n) is 6.10. The number of rotatable bonds is 4. The SMILES string of the molecule is Cc1ncccc1NC(=O)Cc1ccccc1C(=O)O. The van der Waals surface area contributed by atoms with Crippen LogP contribution in [-0.2, 0) is 11.2 Å². The van der Waals surface area contributed by atoms with Crippen molar-refractivity contribution in [3.05, 3.63) is 59.4 Å². The van der Waals surface area contributed by atoms with Gasteiger partial charge in [0.1, 0.15) is 0 Å². The second-order valence-corrected chi connectivity index (χ2v) is 4.32. The highest BCUT2D eigenvalue weighted by Crippen LogP contribution is 2.13. The summed E-state index contributed by atoms with van der Waals surface area (Å²) in [5.41, 5.74) is 1.97. The monoisotopic (exact) mass is 270 g/mol. The van der Waals surface area contributed by atoms with Gasteiger partial charge in [-0.2, -0.15) is 0 Å². The lowest BCUT2D eigenvalue weighted by Crippen LogP contribution is -2.17. The van der Waals surface area contributed by atoms with Crippen molar-refractivity contribution in [1.82, 2.24) is 4.98 Å². The smallest absolute Gasteiger partial charge is 0.335 e. The van der Waals surface area contributed by atoms with Gasteiger partial charge in [-0.3, -0.25) is 9.78 Å². The molecule has 1 amide bonds. The first kappa shape index (κ1) is 13.7. The van der Waals surface area contributed by atoms with Crippen LogP contribution in [-0.4, -0.2) is 22.0 Å². The van der Waals surface area contributed by atoms with E-state index < -0.39 is 5.97 Å². The van der Waals surface area contributed by atoms with Crippen molar-refractivity contribution in [3.8, 4) is 0 Å². The number of nitrogens with zero attached hydrogens (tertiary/aromatic N) is 1. The van der Waals surface area contributed by atoms with Crippen LogP contribution in [0.3, 0.4) is 0 Å². The van der Waals surface area contributed by atoms with E-state index >= 15 is 0 Å². The van der Waals surface area contributed by atoms with Gasteiger partial charge in [0.05, 0.1) is 23.4 Å². The summed E-state index contributed by atoms with van der Waals surface area (Å²) in [6.45, 7) is 1.79. The summed E-state index contributed by atoms with van der Waals surface area (Å²) in [4.78, 5) is 27.1. The number of hydrogen-bond donors (Lipinski definition) is 2. The van der Waals surface area contributed by atoms with E-state index in [0.717, 1.165) is 0 Å². The molecule has 0 spiro atoms. The number of carboxylic acid groups (broad SMARTS) is 1. The van der Waals surface area contributed by atoms with Crippen LogP contribution in [0.5, 0.6) is 0 Å². The molecule has 5 heteroatoms. The molecule has 0 unspecified atom stereocenters. The van der Waals surface area contributed by atoms with Crippen LogP contribution in [0.2, 0.25) is 0 Å². The summed E-state index contributed by atoms with van der Waals surface area (Å²) >= 11 is 0. The summed E-state index contributed by atoms with van der Waals surface area (Å²) in [5, 5.41) is 11.8. The number of carbonyl (C=O) groups excluding carboxylic acids is 1. The van der Waals surface area contributed by atoms with E-state index in [0.29, 0.717) is 16.9 Å². The molecule has 2 aromatic rings. The highest BCUT2D eigenvalue weighted by molar-refractivity contribution is 5.96. The largest absolute Gasteiger partial charge is 0.478 e. The Morgan fingerprint density at radius 3 is 2.65 bits per heavy atom. The molecule has 0 aliphatic heterocycles. The van der Waals surface area contributed by atoms with Crippen molar-refractivity contribution < 1.29 is 14.7 Å². The molecule has 2 rings (SSSR count). The number of aryl methyl sites for hydroxylation is 1. The number of aromatic nitrogens is 1. The maximum Gasteiger partial charge on any atom is 0.335 e. The molecule has 0 saturated carbocycles. The maximum absolute atomic E-state index is 12.0. The van der Waals surface area contributed by atoms with Gasteiger partial charge in [-0.1, -0.05) is 18.2 Å². The Labute approximate surface area is 116 Å². The van der Waals surface area contributed by atoms with E-state index in [1.165, 1.54) is 6.07 Å². The molecule has 0 atom stereocenters. The molecule has 0 aliphatic rings. The number of benzene rings is 1. The number of carboxylic acids is 1. The average Bonchev–Trinajstić information content (AvgIpc) is 2.41. The number of pyridine rings is 1. The molecule has 1 aromatic heterocycles. The van der Waals surface area contributed by atoms with Gasteiger partial charge in [-0.05, 0) is 30.7 Å². The third-order valence-electron chi connectivity index (χ3n) is 2.88. The predicted molar refractivity (Wildman–Crippen MR) is 74.7 cm³/mol. The number of amides is 1. The topological polar surface area (TPSA) is 79.3 Å². The van der Waals surface area contributed by atoms with Crippen molar-refractivity contribution in [3.63, 3.8) is 0 Å². The minimum absolute atomic E-state index is 0.0107. The molecular formula is C15H14N2O3. The third kappa shape index (κ3) is 3.20. The van der Waals surface area contributed by atoms with Gasteiger partial charge < -0.3 is 10.4 Å². The molecule has 0 fully saturated rings. The van der Waals surface area contributed by atoms with Gasteiger partial charge in [0.25, 0.3) is 0 Å². The lowest BCUT2D eigenvalue weighted by atomic mass is 10.0. The number of carbonyl (C=O) groups is 2. The Morgan fingerprint density at radius 2 is 1.95 bits per heavy atom. The lowest BCUT2D eigenvalue weighted by molar-refractivity contribution is -0.115. The van der Waals surface area contributed by atoms with Gasteiger partial charge in [-0.25, -0.2) is 4.79 Å². The number of nitrogens with one attached hydrogen (secondary N) is 1. The van der Waals surface area contributed by atoms with Gasteiger partial charge in [0.2, 0.25) is 5.91 Å². The fourth-order valence-electron chi connectivity index (χ4n) is 1.87. The minimum Gasteiger partial charge on any atom is -0.478 e. The average molecular weight is 270 g/mol.